The van der Waals surface area contributed by atoms with Gasteiger partial charge in [0.1, 0.15) is 10.7 Å². The summed E-state index contributed by atoms with van der Waals surface area (Å²) in [5.41, 5.74) is 4.86. The maximum absolute atomic E-state index is 13.6. The lowest BCUT2D eigenvalue weighted by atomic mass is 9.98. The van der Waals surface area contributed by atoms with Crippen molar-refractivity contribution in [1.29, 1.82) is 0 Å². The monoisotopic (exact) mass is 274 g/mol. The Morgan fingerprint density at radius 2 is 1.89 bits per heavy atom. The molecule has 0 atom stereocenters. The molecule has 18 heavy (non-hydrogen) atoms. The fourth-order valence-electron chi connectivity index (χ4n) is 1.58. The van der Waals surface area contributed by atoms with Crippen LogP contribution in [-0.4, -0.2) is 14.0 Å². The summed E-state index contributed by atoms with van der Waals surface area (Å²) in [6, 6.07) is 3.83. The molecular formula is C12H19FN2O2S. The molecule has 1 aromatic carbocycles. The Labute approximate surface area is 107 Å². The maximum atomic E-state index is 13.6. The average molecular weight is 274 g/mol. The molecule has 1 aromatic rings. The molecule has 0 saturated carbocycles. The van der Waals surface area contributed by atoms with E-state index in [2.05, 4.69) is 4.72 Å². The van der Waals surface area contributed by atoms with Crippen molar-refractivity contribution in [3.8, 4) is 0 Å². The third-order valence-corrected chi connectivity index (χ3v) is 4.94. The molecule has 0 unspecified atom stereocenters. The summed E-state index contributed by atoms with van der Waals surface area (Å²) >= 11 is 0. The quantitative estimate of drug-likeness (QED) is 0.809. The van der Waals surface area contributed by atoms with Gasteiger partial charge in [-0.2, -0.15) is 0 Å². The van der Waals surface area contributed by atoms with Crippen LogP contribution < -0.4 is 10.5 Å². The maximum Gasteiger partial charge on any atom is 0.246 e. The second-order valence-corrected chi connectivity index (χ2v) is 6.15. The molecule has 0 aromatic heterocycles. The Balaban J connectivity index is 3.23. The number of hydrogen-bond donors (Lipinski definition) is 2. The minimum absolute atomic E-state index is 0.0861. The third kappa shape index (κ3) is 3.00. The van der Waals surface area contributed by atoms with E-state index in [1.807, 2.05) is 13.8 Å². The van der Waals surface area contributed by atoms with Gasteiger partial charge >= 0.3 is 0 Å². The van der Waals surface area contributed by atoms with E-state index in [-0.39, 0.29) is 5.69 Å². The first-order valence-electron chi connectivity index (χ1n) is 5.83. The summed E-state index contributed by atoms with van der Waals surface area (Å²) < 4.78 is 40.5. The fourth-order valence-corrected chi connectivity index (χ4v) is 3.32. The topological polar surface area (TPSA) is 72.2 Å². The van der Waals surface area contributed by atoms with E-state index >= 15 is 0 Å². The van der Waals surface area contributed by atoms with Crippen molar-refractivity contribution in [1.82, 2.24) is 4.72 Å². The van der Waals surface area contributed by atoms with Gasteiger partial charge in [-0.15, -0.1) is 0 Å². The molecule has 4 nitrogen and oxygen atoms in total. The van der Waals surface area contributed by atoms with Crippen molar-refractivity contribution in [2.45, 2.75) is 44.0 Å². The normalized spacial score (nSPS) is 12.7. The molecule has 0 saturated heterocycles. The molecule has 0 aliphatic rings. The molecule has 0 amide bonds. The number of nitrogen functional groups attached to an aromatic ring is 1. The van der Waals surface area contributed by atoms with Crippen molar-refractivity contribution >= 4 is 15.7 Å². The van der Waals surface area contributed by atoms with Gasteiger partial charge < -0.3 is 5.73 Å². The van der Waals surface area contributed by atoms with Gasteiger partial charge in [0.25, 0.3) is 0 Å². The van der Waals surface area contributed by atoms with Crippen LogP contribution in [0.5, 0.6) is 0 Å². The number of benzene rings is 1. The van der Waals surface area contributed by atoms with Crippen LogP contribution in [0.3, 0.4) is 0 Å². The van der Waals surface area contributed by atoms with Crippen molar-refractivity contribution in [3.63, 3.8) is 0 Å². The smallest absolute Gasteiger partial charge is 0.246 e. The molecule has 0 spiro atoms. The number of nitrogens with one attached hydrogen (secondary N) is 1. The van der Waals surface area contributed by atoms with Crippen LogP contribution in [0.2, 0.25) is 0 Å². The van der Waals surface area contributed by atoms with Crippen molar-refractivity contribution in [3.05, 3.63) is 24.0 Å². The third-order valence-electron chi connectivity index (χ3n) is 3.21. The predicted molar refractivity (Wildman–Crippen MR) is 70.1 cm³/mol. The van der Waals surface area contributed by atoms with Gasteiger partial charge in [-0.05, 0) is 31.9 Å². The first kappa shape index (κ1) is 14.9. The zero-order chi connectivity index (χ0) is 14.0. The summed E-state index contributed by atoms with van der Waals surface area (Å²) in [5.74, 6) is -0.836. The predicted octanol–water partition coefficient (Wildman–Crippen LogP) is 2.26. The van der Waals surface area contributed by atoms with Crippen LogP contribution in [0.25, 0.3) is 0 Å². The van der Waals surface area contributed by atoms with Gasteiger partial charge in [0.05, 0.1) is 5.69 Å². The van der Waals surface area contributed by atoms with E-state index in [0.717, 1.165) is 6.07 Å². The largest absolute Gasteiger partial charge is 0.398 e. The fraction of sp³-hybridized carbons (Fsp3) is 0.500. The van der Waals surface area contributed by atoms with E-state index in [4.69, 9.17) is 5.73 Å². The van der Waals surface area contributed by atoms with Gasteiger partial charge in [-0.3, -0.25) is 0 Å². The van der Waals surface area contributed by atoms with Crippen molar-refractivity contribution in [2.24, 2.45) is 0 Å². The second-order valence-electron chi connectivity index (χ2n) is 4.53. The summed E-state index contributed by atoms with van der Waals surface area (Å²) in [6.07, 6.45) is 1.22. The number of anilines is 1. The highest BCUT2D eigenvalue weighted by Crippen LogP contribution is 2.24. The van der Waals surface area contributed by atoms with Gasteiger partial charge in [0.2, 0.25) is 10.0 Å². The lowest BCUT2D eigenvalue weighted by Crippen LogP contribution is -2.45. The molecule has 0 heterocycles. The lowest BCUT2D eigenvalue weighted by molar-refractivity contribution is 0.388. The molecule has 0 radical (unpaired) electrons. The zero-order valence-corrected chi connectivity index (χ0v) is 11.6. The van der Waals surface area contributed by atoms with Crippen molar-refractivity contribution < 1.29 is 12.8 Å². The highest BCUT2D eigenvalue weighted by Gasteiger charge is 2.30. The first-order valence-corrected chi connectivity index (χ1v) is 7.32. The average Bonchev–Trinajstić information content (AvgIpc) is 2.27. The number of halogens is 1. The molecule has 0 aliphatic carbocycles. The van der Waals surface area contributed by atoms with Gasteiger partial charge in [0.15, 0.2) is 0 Å². The zero-order valence-electron chi connectivity index (χ0n) is 10.8. The standard InChI is InChI=1S/C12H19FN2O2S/c1-4-12(3,5-2)15-18(16,17)11-9(13)7-6-8-10(11)14/h6-8,15H,4-5,14H2,1-3H3. The Hall–Kier alpha value is -1.14. The lowest BCUT2D eigenvalue weighted by Gasteiger charge is -2.28. The van der Waals surface area contributed by atoms with E-state index in [0.29, 0.717) is 12.8 Å². The molecule has 0 bridgehead atoms. The van der Waals surface area contributed by atoms with Gasteiger partial charge in [-0.25, -0.2) is 17.5 Å². The van der Waals surface area contributed by atoms with Crippen LogP contribution >= 0.6 is 0 Å². The molecule has 6 heteroatoms. The molecule has 0 fully saturated rings. The van der Waals surface area contributed by atoms with Crippen LogP contribution in [-0.2, 0) is 10.0 Å². The van der Waals surface area contributed by atoms with Gasteiger partial charge in [0, 0.05) is 5.54 Å². The Morgan fingerprint density at radius 3 is 2.33 bits per heavy atom. The number of sulfonamides is 1. The summed E-state index contributed by atoms with van der Waals surface area (Å²) in [5, 5.41) is 0. The van der Waals surface area contributed by atoms with Crippen LogP contribution in [0.15, 0.2) is 23.1 Å². The summed E-state index contributed by atoms with van der Waals surface area (Å²) in [6.45, 7) is 5.52. The molecule has 1 rings (SSSR count). The van der Waals surface area contributed by atoms with Crippen LogP contribution in [0, 0.1) is 5.82 Å². The van der Waals surface area contributed by atoms with Crippen LogP contribution in [0.1, 0.15) is 33.6 Å². The number of hydrogen-bond acceptors (Lipinski definition) is 3. The Bertz CT molecular complexity index is 505. The van der Waals surface area contributed by atoms with Crippen molar-refractivity contribution in [2.75, 3.05) is 5.73 Å². The number of rotatable bonds is 5. The Kier molecular flexibility index (Phi) is 4.34. The second kappa shape index (κ2) is 5.24. The molecule has 0 aliphatic heterocycles. The SMILES string of the molecule is CCC(C)(CC)NS(=O)(=O)c1c(N)cccc1F. The van der Waals surface area contributed by atoms with E-state index in [1.54, 1.807) is 6.92 Å². The van der Waals surface area contributed by atoms with E-state index in [1.165, 1.54) is 12.1 Å². The molecular weight excluding hydrogens is 255 g/mol. The molecule has 102 valence electrons. The van der Waals surface area contributed by atoms with Gasteiger partial charge in [-0.1, -0.05) is 19.9 Å². The van der Waals surface area contributed by atoms with E-state index < -0.39 is 26.3 Å². The number of nitrogens with two attached hydrogens (primary N) is 1. The molecule has 3 N–H and O–H groups in total. The minimum atomic E-state index is -3.95. The van der Waals surface area contributed by atoms with E-state index in [9.17, 15) is 12.8 Å². The summed E-state index contributed by atoms with van der Waals surface area (Å²) in [7, 11) is -3.95. The highest BCUT2D eigenvalue weighted by atomic mass is 32.2. The Morgan fingerprint density at radius 1 is 1.33 bits per heavy atom. The van der Waals surface area contributed by atoms with Crippen LogP contribution in [0.4, 0.5) is 10.1 Å². The minimum Gasteiger partial charge on any atom is -0.398 e. The summed E-state index contributed by atoms with van der Waals surface area (Å²) in [4.78, 5) is -0.474. The highest BCUT2D eigenvalue weighted by molar-refractivity contribution is 7.89. The first-order chi connectivity index (χ1) is 8.25.